The molecule has 0 heterocycles. The number of para-hydroxylation sites is 1. The number of likely N-dealkylation sites (N-methyl/N-ethyl adjacent to an activating group) is 1. The van der Waals surface area contributed by atoms with E-state index < -0.39 is 0 Å². The summed E-state index contributed by atoms with van der Waals surface area (Å²) in [4.78, 5) is 1.63. The number of rotatable bonds is 4. The van der Waals surface area contributed by atoms with Crippen molar-refractivity contribution < 1.29 is 14.6 Å². The van der Waals surface area contributed by atoms with Gasteiger partial charge in [0.05, 0.1) is 18.9 Å². The Morgan fingerprint density at radius 3 is 2.60 bits per heavy atom. The molecule has 0 aliphatic carbocycles. The van der Waals surface area contributed by atoms with Gasteiger partial charge in [-0.2, -0.15) is 0 Å². The molecule has 3 nitrogen and oxygen atoms in total. The van der Waals surface area contributed by atoms with Crippen LogP contribution in [0.3, 0.4) is 0 Å². The van der Waals surface area contributed by atoms with Crippen molar-refractivity contribution >= 4 is 5.69 Å². The average molecular weight is 213 g/mol. The van der Waals surface area contributed by atoms with Crippen LogP contribution in [-0.4, -0.2) is 29.9 Å². The number of anilines is 1. The number of nitrogens with zero attached hydrogens (tertiary/aromatic N) is 1. The third kappa shape index (κ3) is 2.46. The molecule has 0 aliphatic heterocycles. The molecule has 0 spiro atoms. The van der Waals surface area contributed by atoms with Crippen LogP contribution < -0.4 is 4.90 Å². The molecule has 0 saturated heterocycles. The molecule has 4 heteroatoms. The molecule has 0 aliphatic rings. The van der Waals surface area contributed by atoms with E-state index >= 15 is 0 Å². The largest absolute Gasteiger partial charge is 0.394 e. The third-order valence-corrected chi connectivity index (χ3v) is 2.52. The summed E-state index contributed by atoms with van der Waals surface area (Å²) in [7, 11) is 1.69. The summed E-state index contributed by atoms with van der Waals surface area (Å²) in [6, 6.07) is 4.38. The highest BCUT2D eigenvalue weighted by Gasteiger charge is 2.16. The van der Waals surface area contributed by atoms with Crippen LogP contribution in [0, 0.1) is 5.82 Å². The van der Waals surface area contributed by atoms with Crippen molar-refractivity contribution in [3.05, 3.63) is 29.6 Å². The molecule has 0 aromatic heterocycles. The van der Waals surface area contributed by atoms with Gasteiger partial charge in [-0.3, -0.25) is 0 Å². The van der Waals surface area contributed by atoms with Crippen LogP contribution >= 0.6 is 0 Å². The van der Waals surface area contributed by atoms with E-state index in [-0.39, 0.29) is 25.1 Å². The second-order valence-corrected chi connectivity index (χ2v) is 3.55. The van der Waals surface area contributed by atoms with Crippen LogP contribution in [0.15, 0.2) is 18.2 Å². The first kappa shape index (κ1) is 11.9. The standard InChI is InChI=1S/C11H16FNO2/c1-8(6-14)13(2)11-9(7-15)4-3-5-10(11)12/h3-5,8,14-15H,6-7H2,1-2H3. The minimum absolute atomic E-state index is 0.0598. The first-order valence-corrected chi connectivity index (χ1v) is 4.83. The molecule has 0 radical (unpaired) electrons. The molecule has 1 aromatic carbocycles. The SMILES string of the molecule is CC(CO)N(C)c1c(F)cccc1CO. The molecule has 15 heavy (non-hydrogen) atoms. The van der Waals surface area contributed by atoms with E-state index in [0.29, 0.717) is 11.3 Å². The van der Waals surface area contributed by atoms with Gasteiger partial charge in [-0.1, -0.05) is 12.1 Å². The number of benzene rings is 1. The molecule has 1 rings (SSSR count). The Bertz CT molecular complexity index is 330. The Balaban J connectivity index is 3.10. The normalized spacial score (nSPS) is 12.6. The Kier molecular flexibility index (Phi) is 4.05. The summed E-state index contributed by atoms with van der Waals surface area (Å²) in [5.74, 6) is -0.385. The van der Waals surface area contributed by atoms with Gasteiger partial charge in [0, 0.05) is 18.7 Å². The Morgan fingerprint density at radius 2 is 2.07 bits per heavy atom. The molecular formula is C11H16FNO2. The first-order valence-electron chi connectivity index (χ1n) is 4.83. The van der Waals surface area contributed by atoms with Gasteiger partial charge < -0.3 is 15.1 Å². The maximum atomic E-state index is 13.5. The lowest BCUT2D eigenvalue weighted by Gasteiger charge is -2.27. The summed E-state index contributed by atoms with van der Waals surface area (Å²) in [6.45, 7) is 1.51. The highest BCUT2D eigenvalue weighted by Crippen LogP contribution is 2.24. The summed E-state index contributed by atoms with van der Waals surface area (Å²) in [6.07, 6.45) is 0. The van der Waals surface area contributed by atoms with Crippen LogP contribution in [-0.2, 0) is 6.61 Å². The van der Waals surface area contributed by atoms with Crippen molar-refractivity contribution in [2.45, 2.75) is 19.6 Å². The number of hydrogen-bond donors (Lipinski definition) is 2. The van der Waals surface area contributed by atoms with Crippen molar-refractivity contribution in [2.75, 3.05) is 18.6 Å². The summed E-state index contributed by atoms with van der Waals surface area (Å²) in [5.41, 5.74) is 0.874. The summed E-state index contributed by atoms with van der Waals surface area (Å²) < 4.78 is 13.5. The lowest BCUT2D eigenvalue weighted by Crippen LogP contribution is -2.33. The number of aliphatic hydroxyl groups is 2. The zero-order chi connectivity index (χ0) is 11.4. The average Bonchev–Trinajstić information content (AvgIpc) is 2.26. The van der Waals surface area contributed by atoms with E-state index in [0.717, 1.165) is 0 Å². The van der Waals surface area contributed by atoms with Crippen LogP contribution in [0.5, 0.6) is 0 Å². The molecule has 0 saturated carbocycles. The summed E-state index contributed by atoms with van der Waals surface area (Å²) in [5, 5.41) is 18.1. The molecule has 1 atom stereocenters. The van der Waals surface area contributed by atoms with E-state index in [1.807, 2.05) is 0 Å². The van der Waals surface area contributed by atoms with Crippen molar-refractivity contribution in [2.24, 2.45) is 0 Å². The highest BCUT2D eigenvalue weighted by molar-refractivity contribution is 5.54. The minimum atomic E-state index is -0.385. The minimum Gasteiger partial charge on any atom is -0.394 e. The maximum Gasteiger partial charge on any atom is 0.146 e. The van der Waals surface area contributed by atoms with E-state index in [9.17, 15) is 4.39 Å². The van der Waals surface area contributed by atoms with Gasteiger partial charge in [0.2, 0.25) is 0 Å². The second kappa shape index (κ2) is 5.09. The Morgan fingerprint density at radius 1 is 1.40 bits per heavy atom. The first-order chi connectivity index (χ1) is 7.11. The van der Waals surface area contributed by atoms with Gasteiger partial charge >= 0.3 is 0 Å². The predicted octanol–water partition coefficient (Wildman–Crippen LogP) is 1.14. The van der Waals surface area contributed by atoms with Gasteiger partial charge in [0.15, 0.2) is 0 Å². The van der Waals surface area contributed by atoms with Crippen molar-refractivity contribution in [3.8, 4) is 0 Å². The molecule has 0 amide bonds. The van der Waals surface area contributed by atoms with Gasteiger partial charge in [0.1, 0.15) is 5.82 Å². The zero-order valence-corrected chi connectivity index (χ0v) is 8.94. The topological polar surface area (TPSA) is 43.7 Å². The quantitative estimate of drug-likeness (QED) is 0.788. The molecule has 2 N–H and O–H groups in total. The van der Waals surface area contributed by atoms with E-state index in [1.54, 1.807) is 31.0 Å². The van der Waals surface area contributed by atoms with E-state index in [1.165, 1.54) is 6.07 Å². The lowest BCUT2D eigenvalue weighted by atomic mass is 10.1. The van der Waals surface area contributed by atoms with Crippen LogP contribution in [0.4, 0.5) is 10.1 Å². The molecule has 0 bridgehead atoms. The maximum absolute atomic E-state index is 13.5. The van der Waals surface area contributed by atoms with Crippen molar-refractivity contribution in [3.63, 3.8) is 0 Å². The molecule has 1 aromatic rings. The summed E-state index contributed by atoms with van der Waals surface area (Å²) >= 11 is 0. The van der Waals surface area contributed by atoms with Crippen LogP contribution in [0.25, 0.3) is 0 Å². The zero-order valence-electron chi connectivity index (χ0n) is 8.94. The van der Waals surface area contributed by atoms with Gasteiger partial charge in [-0.05, 0) is 13.0 Å². The Hall–Kier alpha value is -1.13. The van der Waals surface area contributed by atoms with Crippen molar-refractivity contribution in [1.29, 1.82) is 0 Å². The number of hydrogen-bond acceptors (Lipinski definition) is 3. The third-order valence-electron chi connectivity index (χ3n) is 2.52. The molecular weight excluding hydrogens is 197 g/mol. The Labute approximate surface area is 88.8 Å². The fourth-order valence-corrected chi connectivity index (χ4v) is 1.43. The monoisotopic (exact) mass is 213 g/mol. The predicted molar refractivity (Wildman–Crippen MR) is 57.3 cm³/mol. The number of halogens is 1. The molecule has 0 fully saturated rings. The van der Waals surface area contributed by atoms with Crippen molar-refractivity contribution in [1.82, 2.24) is 0 Å². The van der Waals surface area contributed by atoms with Crippen LogP contribution in [0.2, 0.25) is 0 Å². The molecule has 1 unspecified atom stereocenters. The fourth-order valence-electron chi connectivity index (χ4n) is 1.43. The van der Waals surface area contributed by atoms with E-state index in [4.69, 9.17) is 10.2 Å². The molecule has 84 valence electrons. The van der Waals surface area contributed by atoms with Gasteiger partial charge in [-0.25, -0.2) is 4.39 Å². The number of aliphatic hydroxyl groups excluding tert-OH is 2. The van der Waals surface area contributed by atoms with Gasteiger partial charge in [-0.15, -0.1) is 0 Å². The lowest BCUT2D eigenvalue weighted by molar-refractivity contribution is 0.266. The van der Waals surface area contributed by atoms with E-state index in [2.05, 4.69) is 0 Å². The second-order valence-electron chi connectivity index (χ2n) is 3.55. The van der Waals surface area contributed by atoms with Gasteiger partial charge in [0.25, 0.3) is 0 Å². The fraction of sp³-hybridized carbons (Fsp3) is 0.455. The van der Waals surface area contributed by atoms with Crippen LogP contribution in [0.1, 0.15) is 12.5 Å². The highest BCUT2D eigenvalue weighted by atomic mass is 19.1. The smallest absolute Gasteiger partial charge is 0.146 e.